The van der Waals surface area contributed by atoms with E-state index in [-0.39, 0.29) is 12.5 Å². The van der Waals surface area contributed by atoms with Crippen LogP contribution in [0.15, 0.2) is 30.3 Å². The number of hydrogen-bond acceptors (Lipinski definition) is 3. The highest BCUT2D eigenvalue weighted by Crippen LogP contribution is 2.21. The largest absolute Gasteiger partial charge is 0.342 e. The number of piperidine rings is 1. The van der Waals surface area contributed by atoms with Gasteiger partial charge in [-0.3, -0.25) is 4.79 Å². The fourth-order valence-corrected chi connectivity index (χ4v) is 3.29. The van der Waals surface area contributed by atoms with E-state index in [0.29, 0.717) is 19.0 Å². The summed E-state index contributed by atoms with van der Waals surface area (Å²) < 4.78 is 26.6. The first-order valence-corrected chi connectivity index (χ1v) is 9.31. The van der Waals surface area contributed by atoms with Gasteiger partial charge in [-0.25, -0.2) is 0 Å². The van der Waals surface area contributed by atoms with Crippen LogP contribution in [0.25, 0.3) is 0 Å². The minimum absolute atomic E-state index is 0.159. The van der Waals surface area contributed by atoms with Crippen molar-refractivity contribution in [3.8, 4) is 0 Å². The van der Waals surface area contributed by atoms with Crippen molar-refractivity contribution in [1.29, 1.82) is 0 Å². The number of likely N-dealkylation sites (tertiary alicyclic amines) is 1. The summed E-state index contributed by atoms with van der Waals surface area (Å²) in [6.07, 6.45) is 2.96. The molecule has 0 radical (unpaired) electrons. The number of benzene rings is 1. The van der Waals surface area contributed by atoms with E-state index in [0.717, 1.165) is 23.6 Å². The van der Waals surface area contributed by atoms with E-state index in [4.69, 9.17) is 0 Å². The van der Waals surface area contributed by atoms with Crippen molar-refractivity contribution in [1.82, 2.24) is 13.9 Å². The SMILES string of the molecule is CN(C)S(=O)(=O)NCC(=O)N1CCC(Cc2ccccc2)CC1. The molecule has 6 nitrogen and oxygen atoms in total. The number of nitrogens with zero attached hydrogens (tertiary/aromatic N) is 2. The molecule has 1 saturated heterocycles. The molecule has 1 aliphatic heterocycles. The lowest BCUT2D eigenvalue weighted by atomic mass is 9.90. The van der Waals surface area contributed by atoms with Crippen molar-refractivity contribution in [3.63, 3.8) is 0 Å². The number of hydrogen-bond donors (Lipinski definition) is 1. The molecule has 1 heterocycles. The maximum absolute atomic E-state index is 12.1. The summed E-state index contributed by atoms with van der Waals surface area (Å²) >= 11 is 0. The molecule has 0 unspecified atom stereocenters. The molecule has 23 heavy (non-hydrogen) atoms. The van der Waals surface area contributed by atoms with Gasteiger partial charge in [0.05, 0.1) is 6.54 Å². The van der Waals surface area contributed by atoms with E-state index in [9.17, 15) is 13.2 Å². The Labute approximate surface area is 138 Å². The van der Waals surface area contributed by atoms with Crippen LogP contribution in [0, 0.1) is 5.92 Å². The molecule has 128 valence electrons. The zero-order valence-corrected chi connectivity index (χ0v) is 14.6. The predicted molar refractivity (Wildman–Crippen MR) is 90.1 cm³/mol. The van der Waals surface area contributed by atoms with Gasteiger partial charge in [-0.1, -0.05) is 30.3 Å². The molecule has 0 aliphatic carbocycles. The molecule has 7 heteroatoms. The summed E-state index contributed by atoms with van der Waals surface area (Å²) in [4.78, 5) is 13.9. The average molecular weight is 339 g/mol. The molecule has 1 aromatic rings. The highest BCUT2D eigenvalue weighted by molar-refractivity contribution is 7.87. The Bertz CT molecular complexity index is 609. The second-order valence-corrected chi connectivity index (χ2v) is 8.09. The molecule has 1 amide bonds. The van der Waals surface area contributed by atoms with E-state index < -0.39 is 10.2 Å². The highest BCUT2D eigenvalue weighted by Gasteiger charge is 2.24. The van der Waals surface area contributed by atoms with Crippen LogP contribution < -0.4 is 4.72 Å². The van der Waals surface area contributed by atoms with Gasteiger partial charge in [-0.2, -0.15) is 17.4 Å². The second-order valence-electron chi connectivity index (χ2n) is 6.12. The smallest absolute Gasteiger partial charge is 0.279 e. The third-order valence-corrected chi connectivity index (χ3v) is 5.69. The monoisotopic (exact) mass is 339 g/mol. The van der Waals surface area contributed by atoms with Gasteiger partial charge in [0.2, 0.25) is 5.91 Å². The van der Waals surface area contributed by atoms with Crippen LogP contribution in [0.1, 0.15) is 18.4 Å². The first kappa shape index (κ1) is 17.9. The summed E-state index contributed by atoms with van der Waals surface area (Å²) in [5, 5.41) is 0. The van der Waals surface area contributed by atoms with Crippen LogP contribution in [-0.2, 0) is 21.4 Å². The lowest BCUT2D eigenvalue weighted by molar-refractivity contribution is -0.131. The first-order chi connectivity index (χ1) is 10.9. The van der Waals surface area contributed by atoms with Crippen LogP contribution in [0.5, 0.6) is 0 Å². The molecule has 0 bridgehead atoms. The molecular formula is C16H25N3O3S. The van der Waals surface area contributed by atoms with Crippen LogP contribution in [0.2, 0.25) is 0 Å². The van der Waals surface area contributed by atoms with Gasteiger partial charge in [0.25, 0.3) is 10.2 Å². The number of carbonyl (C=O) groups is 1. The van der Waals surface area contributed by atoms with Gasteiger partial charge >= 0.3 is 0 Å². The topological polar surface area (TPSA) is 69.7 Å². The van der Waals surface area contributed by atoms with Gasteiger partial charge in [0.15, 0.2) is 0 Å². The van der Waals surface area contributed by atoms with Gasteiger partial charge in [-0.05, 0) is 30.7 Å². The van der Waals surface area contributed by atoms with E-state index in [1.165, 1.54) is 19.7 Å². The van der Waals surface area contributed by atoms with Crippen molar-refractivity contribution in [2.24, 2.45) is 5.92 Å². The average Bonchev–Trinajstić information content (AvgIpc) is 2.54. The minimum Gasteiger partial charge on any atom is -0.342 e. The number of amides is 1. The van der Waals surface area contributed by atoms with Gasteiger partial charge in [0, 0.05) is 27.2 Å². The van der Waals surface area contributed by atoms with Gasteiger partial charge in [-0.15, -0.1) is 0 Å². The molecule has 0 spiro atoms. The predicted octanol–water partition coefficient (Wildman–Crippen LogP) is 0.864. The van der Waals surface area contributed by atoms with Crippen molar-refractivity contribution in [2.45, 2.75) is 19.3 Å². The summed E-state index contributed by atoms with van der Waals surface area (Å²) in [5.41, 5.74) is 1.33. The van der Waals surface area contributed by atoms with Crippen LogP contribution in [-0.4, -0.2) is 57.3 Å². The Balaban J connectivity index is 1.77. The van der Waals surface area contributed by atoms with E-state index in [2.05, 4.69) is 16.9 Å². The molecule has 1 aromatic carbocycles. The van der Waals surface area contributed by atoms with Crippen LogP contribution >= 0.6 is 0 Å². The summed E-state index contributed by atoms with van der Waals surface area (Å²) in [5.74, 6) is 0.425. The van der Waals surface area contributed by atoms with Crippen LogP contribution in [0.3, 0.4) is 0 Å². The molecule has 1 N–H and O–H groups in total. The zero-order chi connectivity index (χ0) is 16.9. The molecule has 0 saturated carbocycles. The Morgan fingerprint density at radius 2 is 1.83 bits per heavy atom. The highest BCUT2D eigenvalue weighted by atomic mass is 32.2. The minimum atomic E-state index is -3.55. The molecule has 1 aliphatic rings. The maximum Gasteiger partial charge on any atom is 0.279 e. The normalized spacial score (nSPS) is 16.7. The van der Waals surface area contributed by atoms with Crippen molar-refractivity contribution >= 4 is 16.1 Å². The van der Waals surface area contributed by atoms with Gasteiger partial charge in [0.1, 0.15) is 0 Å². The Morgan fingerprint density at radius 3 is 2.39 bits per heavy atom. The summed E-state index contributed by atoms with van der Waals surface area (Å²) in [6.45, 7) is 1.21. The van der Waals surface area contributed by atoms with Crippen LogP contribution in [0.4, 0.5) is 0 Å². The molecular weight excluding hydrogens is 314 g/mol. The zero-order valence-electron chi connectivity index (χ0n) is 13.7. The fraction of sp³-hybridized carbons (Fsp3) is 0.562. The van der Waals surface area contributed by atoms with Gasteiger partial charge < -0.3 is 4.90 Å². The summed E-state index contributed by atoms with van der Waals surface area (Å²) in [7, 11) is -0.683. The number of carbonyl (C=O) groups excluding carboxylic acids is 1. The van der Waals surface area contributed by atoms with Crippen molar-refractivity contribution < 1.29 is 13.2 Å². The number of rotatable bonds is 6. The second kappa shape index (κ2) is 7.90. The quantitative estimate of drug-likeness (QED) is 0.836. The third-order valence-electron chi connectivity index (χ3n) is 4.22. The lowest BCUT2D eigenvalue weighted by Crippen LogP contribution is -2.46. The standard InChI is InChI=1S/C16H25N3O3S/c1-18(2)23(21,22)17-13-16(20)19-10-8-15(9-11-19)12-14-6-4-3-5-7-14/h3-7,15,17H,8-13H2,1-2H3. The molecule has 1 fully saturated rings. The van der Waals surface area contributed by atoms with E-state index in [1.54, 1.807) is 4.90 Å². The van der Waals surface area contributed by atoms with E-state index in [1.807, 2.05) is 18.2 Å². The van der Waals surface area contributed by atoms with E-state index >= 15 is 0 Å². The third kappa shape index (κ3) is 5.30. The van der Waals surface area contributed by atoms with Crippen molar-refractivity contribution in [3.05, 3.63) is 35.9 Å². The molecule has 2 rings (SSSR count). The Hall–Kier alpha value is -1.44. The molecule has 0 atom stereocenters. The fourth-order valence-electron chi connectivity index (χ4n) is 2.73. The number of nitrogens with one attached hydrogen (secondary N) is 1. The molecule has 0 aromatic heterocycles. The lowest BCUT2D eigenvalue weighted by Gasteiger charge is -2.32. The first-order valence-electron chi connectivity index (χ1n) is 7.87. The Morgan fingerprint density at radius 1 is 1.22 bits per heavy atom. The summed E-state index contributed by atoms with van der Waals surface area (Å²) in [6, 6.07) is 10.4. The maximum atomic E-state index is 12.1. The Kier molecular flexibility index (Phi) is 6.15. The van der Waals surface area contributed by atoms with Crippen molar-refractivity contribution in [2.75, 3.05) is 33.7 Å².